The van der Waals surface area contributed by atoms with Gasteiger partial charge < -0.3 is 5.32 Å². The number of rotatable bonds is 4. The molecule has 0 amide bonds. The highest BCUT2D eigenvalue weighted by Gasteiger charge is 2.29. The fourth-order valence-electron chi connectivity index (χ4n) is 2.68. The molecule has 3 nitrogen and oxygen atoms in total. The van der Waals surface area contributed by atoms with E-state index in [1.807, 2.05) is 7.05 Å². The summed E-state index contributed by atoms with van der Waals surface area (Å²) in [6, 6.07) is 10.6. The minimum atomic E-state index is 0.375. The molecule has 0 bridgehead atoms. The summed E-state index contributed by atoms with van der Waals surface area (Å²) in [5, 5.41) is 3.14. The molecule has 2 aromatic rings. The molecule has 1 atom stereocenters. The number of fused-ring (bicyclic) bond motifs is 1. The largest absolute Gasteiger partial charge is 0.373 e. The molecule has 1 aromatic carbocycles. The van der Waals surface area contributed by atoms with Gasteiger partial charge in [0.05, 0.1) is 0 Å². The van der Waals surface area contributed by atoms with Gasteiger partial charge in [-0.1, -0.05) is 37.6 Å². The molecule has 1 N–H and O–H groups in total. The molecule has 0 aliphatic heterocycles. The zero-order valence-corrected chi connectivity index (χ0v) is 11.5. The second kappa shape index (κ2) is 5.00. The molecule has 1 unspecified atom stereocenters. The van der Waals surface area contributed by atoms with E-state index in [1.165, 1.54) is 11.1 Å². The summed E-state index contributed by atoms with van der Waals surface area (Å²) in [6.07, 6.45) is 3.19. The Morgan fingerprint density at radius 1 is 1.26 bits per heavy atom. The average molecular weight is 253 g/mol. The minimum Gasteiger partial charge on any atom is -0.373 e. The Balaban J connectivity index is 1.95. The fraction of sp³-hybridized carbons (Fsp3) is 0.375. The minimum absolute atomic E-state index is 0.375. The van der Waals surface area contributed by atoms with E-state index < -0.39 is 0 Å². The number of nitrogens with zero attached hydrogens (tertiary/aromatic N) is 2. The molecule has 0 saturated carbocycles. The summed E-state index contributed by atoms with van der Waals surface area (Å²) >= 11 is 0. The molecule has 98 valence electrons. The van der Waals surface area contributed by atoms with Crippen molar-refractivity contribution in [2.45, 2.75) is 32.1 Å². The fourth-order valence-corrected chi connectivity index (χ4v) is 2.68. The van der Waals surface area contributed by atoms with Crippen molar-refractivity contribution in [2.75, 3.05) is 12.4 Å². The zero-order chi connectivity index (χ0) is 13.2. The predicted octanol–water partition coefficient (Wildman–Crippen LogP) is 3.16. The maximum absolute atomic E-state index is 4.74. The maximum Gasteiger partial charge on any atom is 0.138 e. The summed E-state index contributed by atoms with van der Waals surface area (Å²) in [5.41, 5.74) is 3.96. The van der Waals surface area contributed by atoms with Gasteiger partial charge in [-0.05, 0) is 24.0 Å². The zero-order valence-electron chi connectivity index (χ0n) is 11.5. The van der Waals surface area contributed by atoms with Crippen molar-refractivity contribution in [2.24, 2.45) is 0 Å². The molecule has 0 fully saturated rings. The third kappa shape index (κ3) is 2.21. The molecule has 0 saturated heterocycles. The Labute approximate surface area is 114 Å². The predicted molar refractivity (Wildman–Crippen MR) is 77.6 cm³/mol. The summed E-state index contributed by atoms with van der Waals surface area (Å²) in [5.74, 6) is 2.27. The molecule has 1 aliphatic carbocycles. The van der Waals surface area contributed by atoms with Crippen LogP contribution in [0, 0.1) is 0 Å². The molecular weight excluding hydrogens is 234 g/mol. The molecule has 3 heteroatoms. The van der Waals surface area contributed by atoms with Gasteiger partial charge in [-0.25, -0.2) is 9.97 Å². The van der Waals surface area contributed by atoms with Gasteiger partial charge in [0, 0.05) is 24.7 Å². The lowest BCUT2D eigenvalue weighted by Crippen LogP contribution is -2.21. The van der Waals surface area contributed by atoms with Crippen molar-refractivity contribution in [3.05, 3.63) is 53.0 Å². The second-order valence-electron chi connectivity index (χ2n) is 5.06. The van der Waals surface area contributed by atoms with Gasteiger partial charge in [-0.15, -0.1) is 0 Å². The van der Waals surface area contributed by atoms with Gasteiger partial charge in [-0.2, -0.15) is 0 Å². The number of hydrogen-bond acceptors (Lipinski definition) is 3. The van der Waals surface area contributed by atoms with Crippen LogP contribution in [0.2, 0.25) is 0 Å². The molecule has 1 aromatic heterocycles. The quantitative estimate of drug-likeness (QED) is 0.909. The molecule has 0 radical (unpaired) electrons. The monoisotopic (exact) mass is 253 g/mol. The molecular formula is C16H19N3. The van der Waals surface area contributed by atoms with Crippen molar-refractivity contribution in [1.82, 2.24) is 9.97 Å². The summed E-state index contributed by atoms with van der Waals surface area (Å²) in [4.78, 5) is 9.37. The van der Waals surface area contributed by atoms with Crippen molar-refractivity contribution in [3.8, 4) is 0 Å². The van der Waals surface area contributed by atoms with Gasteiger partial charge >= 0.3 is 0 Å². The number of benzene rings is 1. The lowest BCUT2D eigenvalue weighted by atomic mass is 9.77. The lowest BCUT2D eigenvalue weighted by molar-refractivity contribution is 0.652. The standard InChI is InChI=1S/C16H19N3/c1-3-6-12-10-15(17-2)19-16(18-12)14-9-11-7-4-5-8-13(11)14/h4-5,7-8,10,14H,3,6,9H2,1-2H3,(H,17,18,19). The van der Waals surface area contributed by atoms with E-state index in [0.29, 0.717) is 5.92 Å². The first-order valence-electron chi connectivity index (χ1n) is 6.95. The van der Waals surface area contributed by atoms with E-state index in [0.717, 1.165) is 36.6 Å². The van der Waals surface area contributed by atoms with Crippen LogP contribution in [0.15, 0.2) is 30.3 Å². The van der Waals surface area contributed by atoms with Crippen LogP contribution in [-0.2, 0) is 12.8 Å². The van der Waals surface area contributed by atoms with Gasteiger partial charge in [0.1, 0.15) is 11.6 Å². The third-order valence-electron chi connectivity index (χ3n) is 3.72. The van der Waals surface area contributed by atoms with E-state index >= 15 is 0 Å². The number of anilines is 1. The van der Waals surface area contributed by atoms with Crippen LogP contribution in [0.25, 0.3) is 0 Å². The second-order valence-corrected chi connectivity index (χ2v) is 5.06. The Morgan fingerprint density at radius 3 is 2.84 bits per heavy atom. The van der Waals surface area contributed by atoms with Crippen molar-refractivity contribution in [1.29, 1.82) is 0 Å². The number of hydrogen-bond donors (Lipinski definition) is 1. The van der Waals surface area contributed by atoms with E-state index in [2.05, 4.69) is 47.6 Å². The van der Waals surface area contributed by atoms with E-state index in [4.69, 9.17) is 4.98 Å². The van der Waals surface area contributed by atoms with Gasteiger partial charge in [0.2, 0.25) is 0 Å². The molecule has 1 heterocycles. The average Bonchev–Trinajstić information content (AvgIpc) is 2.40. The Kier molecular flexibility index (Phi) is 3.20. The molecule has 0 spiro atoms. The smallest absolute Gasteiger partial charge is 0.138 e. The van der Waals surface area contributed by atoms with E-state index in [9.17, 15) is 0 Å². The number of aromatic nitrogens is 2. The Morgan fingerprint density at radius 2 is 2.11 bits per heavy atom. The highest BCUT2D eigenvalue weighted by atomic mass is 15.0. The van der Waals surface area contributed by atoms with Gasteiger partial charge in [0.15, 0.2) is 0 Å². The van der Waals surface area contributed by atoms with Crippen LogP contribution >= 0.6 is 0 Å². The summed E-state index contributed by atoms with van der Waals surface area (Å²) in [6.45, 7) is 2.18. The Bertz CT molecular complexity index is 592. The first kappa shape index (κ1) is 12.2. The number of aryl methyl sites for hydroxylation is 1. The molecule has 3 rings (SSSR count). The van der Waals surface area contributed by atoms with Crippen LogP contribution in [0.5, 0.6) is 0 Å². The third-order valence-corrected chi connectivity index (χ3v) is 3.72. The van der Waals surface area contributed by atoms with Crippen LogP contribution in [0.4, 0.5) is 5.82 Å². The molecule has 1 aliphatic rings. The number of nitrogens with one attached hydrogen (secondary N) is 1. The Hall–Kier alpha value is -1.90. The SMILES string of the molecule is CCCc1cc(NC)nc(C2Cc3ccccc32)n1. The first-order chi connectivity index (χ1) is 9.31. The highest BCUT2D eigenvalue weighted by molar-refractivity contribution is 5.46. The highest BCUT2D eigenvalue weighted by Crippen LogP contribution is 2.38. The molecule has 19 heavy (non-hydrogen) atoms. The topological polar surface area (TPSA) is 37.8 Å². The maximum atomic E-state index is 4.74. The normalized spacial score (nSPS) is 16.6. The summed E-state index contributed by atoms with van der Waals surface area (Å²) < 4.78 is 0. The van der Waals surface area contributed by atoms with E-state index in [-0.39, 0.29) is 0 Å². The van der Waals surface area contributed by atoms with Crippen LogP contribution in [0.3, 0.4) is 0 Å². The first-order valence-corrected chi connectivity index (χ1v) is 6.95. The van der Waals surface area contributed by atoms with Gasteiger partial charge in [0.25, 0.3) is 0 Å². The lowest BCUT2D eigenvalue weighted by Gasteiger charge is -2.29. The van der Waals surface area contributed by atoms with Crippen LogP contribution in [0.1, 0.15) is 41.9 Å². The summed E-state index contributed by atoms with van der Waals surface area (Å²) in [7, 11) is 1.91. The van der Waals surface area contributed by atoms with Gasteiger partial charge in [-0.3, -0.25) is 0 Å². The van der Waals surface area contributed by atoms with Crippen molar-refractivity contribution < 1.29 is 0 Å². The van der Waals surface area contributed by atoms with Crippen LogP contribution < -0.4 is 5.32 Å². The van der Waals surface area contributed by atoms with E-state index in [1.54, 1.807) is 0 Å². The van der Waals surface area contributed by atoms with Crippen molar-refractivity contribution >= 4 is 5.82 Å². The van der Waals surface area contributed by atoms with Crippen LogP contribution in [-0.4, -0.2) is 17.0 Å². The van der Waals surface area contributed by atoms with Crippen molar-refractivity contribution in [3.63, 3.8) is 0 Å².